The van der Waals surface area contributed by atoms with Crippen molar-refractivity contribution in [3.63, 3.8) is 0 Å². The van der Waals surface area contributed by atoms with E-state index in [0.29, 0.717) is 0 Å². The zero-order valence-electron chi connectivity index (χ0n) is 12.0. The monoisotopic (exact) mass is 342 g/mol. The van der Waals surface area contributed by atoms with Gasteiger partial charge in [0.25, 0.3) is 0 Å². The van der Waals surface area contributed by atoms with Crippen molar-refractivity contribution in [1.29, 1.82) is 0 Å². The van der Waals surface area contributed by atoms with Crippen molar-refractivity contribution in [3.05, 3.63) is 9.67 Å². The summed E-state index contributed by atoms with van der Waals surface area (Å²) in [5.41, 5.74) is 5.60. The number of hydrogen-bond acceptors (Lipinski definition) is 10. The molecule has 3 atom stereocenters. The summed E-state index contributed by atoms with van der Waals surface area (Å²) in [6.45, 7) is 0.956. The summed E-state index contributed by atoms with van der Waals surface area (Å²) in [5, 5.41) is 19.1. The molecule has 1 aliphatic rings. The maximum Gasteiger partial charge on any atom is 0.311 e. The van der Waals surface area contributed by atoms with Crippen LogP contribution in [-0.2, 0) is 14.3 Å². The molecule has 3 rings (SSSR count). The number of aliphatic hydroxyl groups excluding tert-OH is 1. The number of aliphatic hydroxyl groups is 1. The second-order valence-corrected chi connectivity index (χ2v) is 5.97. The highest BCUT2D eigenvalue weighted by Gasteiger charge is 2.40. The lowest BCUT2D eigenvalue weighted by atomic mass is 10.2. The van der Waals surface area contributed by atoms with Crippen LogP contribution in [-0.4, -0.2) is 49.5 Å². The van der Waals surface area contributed by atoms with E-state index in [4.69, 9.17) is 15.2 Å². The molecule has 11 heteroatoms. The second kappa shape index (κ2) is 5.76. The van der Waals surface area contributed by atoms with Crippen molar-refractivity contribution in [2.24, 2.45) is 0 Å². The summed E-state index contributed by atoms with van der Waals surface area (Å²) in [7, 11) is 0. The van der Waals surface area contributed by atoms with E-state index in [9.17, 15) is 19.8 Å². The Morgan fingerprint density at radius 2 is 2.30 bits per heavy atom. The van der Waals surface area contributed by atoms with Gasteiger partial charge in [0.1, 0.15) is 10.8 Å². The maximum absolute atomic E-state index is 12.3. The van der Waals surface area contributed by atoms with Gasteiger partial charge in [-0.1, -0.05) is 11.3 Å². The number of carbonyl (C=O) groups excluding carboxylic acids is 1. The number of ether oxygens (including phenoxy) is 2. The summed E-state index contributed by atoms with van der Waals surface area (Å²) in [6, 6.07) is 0. The second-order valence-electron chi connectivity index (χ2n) is 5.01. The Morgan fingerprint density at radius 1 is 1.57 bits per heavy atom. The predicted octanol–water partition coefficient (Wildman–Crippen LogP) is -0.648. The molecule has 1 fully saturated rings. The minimum atomic E-state index is -0.967. The molecule has 3 unspecified atom stereocenters. The number of nitrogens with zero attached hydrogens (tertiary/aromatic N) is 3. The van der Waals surface area contributed by atoms with Crippen LogP contribution >= 0.6 is 11.3 Å². The van der Waals surface area contributed by atoms with Gasteiger partial charge < -0.3 is 25.4 Å². The highest BCUT2D eigenvalue weighted by molar-refractivity contribution is 7.16. The van der Waals surface area contributed by atoms with Gasteiger partial charge in [0.2, 0.25) is 11.8 Å². The van der Waals surface area contributed by atoms with E-state index >= 15 is 0 Å². The van der Waals surface area contributed by atoms with E-state index in [2.05, 4.69) is 9.97 Å². The van der Waals surface area contributed by atoms with Gasteiger partial charge in [0, 0.05) is 13.3 Å². The Hall–Kier alpha value is -2.24. The molecule has 124 valence electrons. The number of hydrogen-bond donors (Lipinski definition) is 3. The Labute approximate surface area is 133 Å². The number of anilines is 1. The lowest BCUT2D eigenvalue weighted by Gasteiger charge is -2.19. The summed E-state index contributed by atoms with van der Waals surface area (Å²) in [5.74, 6) is -1.15. The highest BCUT2D eigenvalue weighted by Crippen LogP contribution is 2.34. The molecular formula is C12H14N4O6S. The Bertz CT molecular complexity index is 818. The van der Waals surface area contributed by atoms with Crippen LogP contribution in [0.25, 0.3) is 10.3 Å². The quantitative estimate of drug-likeness (QED) is 0.618. The molecule has 0 spiro atoms. The molecule has 0 bridgehead atoms. The summed E-state index contributed by atoms with van der Waals surface area (Å²) in [4.78, 5) is 30.6. The van der Waals surface area contributed by atoms with Crippen LogP contribution < -0.4 is 10.6 Å². The van der Waals surface area contributed by atoms with E-state index in [-0.39, 0.29) is 29.3 Å². The third-order valence-electron chi connectivity index (χ3n) is 3.38. The van der Waals surface area contributed by atoms with Gasteiger partial charge in [-0.2, -0.15) is 9.97 Å². The molecule has 0 amide bonds. The zero-order valence-corrected chi connectivity index (χ0v) is 12.8. The van der Waals surface area contributed by atoms with E-state index in [1.807, 2.05) is 0 Å². The molecule has 0 aliphatic carbocycles. The smallest absolute Gasteiger partial charge is 0.311 e. The number of rotatable bonds is 3. The van der Waals surface area contributed by atoms with Crippen LogP contribution in [0.15, 0.2) is 4.79 Å². The Morgan fingerprint density at radius 3 is 2.96 bits per heavy atom. The first-order chi connectivity index (χ1) is 10.9. The van der Waals surface area contributed by atoms with Gasteiger partial charge in [-0.15, -0.1) is 0 Å². The Kier molecular flexibility index (Phi) is 3.92. The van der Waals surface area contributed by atoms with Gasteiger partial charge in [-0.05, 0) is 0 Å². The van der Waals surface area contributed by atoms with Crippen LogP contribution in [0.4, 0.5) is 5.95 Å². The third-order valence-corrected chi connectivity index (χ3v) is 4.32. The van der Waals surface area contributed by atoms with Crippen LogP contribution in [0.3, 0.4) is 0 Å². The SMILES string of the molecule is CC(=O)OC1CC(CO)OC1n1c(=O)sc2c(O)nc(N)nc21. The first-order valence-electron chi connectivity index (χ1n) is 6.71. The number of aromatic nitrogens is 3. The lowest BCUT2D eigenvalue weighted by molar-refractivity contribution is -0.152. The van der Waals surface area contributed by atoms with E-state index < -0.39 is 35.2 Å². The minimum Gasteiger partial charge on any atom is -0.492 e. The standard InChI is InChI=1S/C12H14N4O6S/c1-4(18)21-6-2-5(3-17)22-10(6)16-8-7(23-12(16)20)9(19)15-11(13)14-8/h5-6,10,17H,2-3H2,1H3,(H3,13,14,15,19). The number of carbonyl (C=O) groups is 1. The molecule has 1 saturated heterocycles. The van der Waals surface area contributed by atoms with Crippen molar-refractivity contribution in [2.45, 2.75) is 31.8 Å². The molecule has 0 saturated carbocycles. The first-order valence-corrected chi connectivity index (χ1v) is 7.53. The van der Waals surface area contributed by atoms with Crippen molar-refractivity contribution in [1.82, 2.24) is 14.5 Å². The van der Waals surface area contributed by atoms with Gasteiger partial charge in [-0.25, -0.2) is 0 Å². The molecule has 2 aromatic rings. The molecular weight excluding hydrogens is 328 g/mol. The van der Waals surface area contributed by atoms with Gasteiger partial charge >= 0.3 is 10.8 Å². The highest BCUT2D eigenvalue weighted by atomic mass is 32.1. The number of thiazole rings is 1. The largest absolute Gasteiger partial charge is 0.492 e. The molecule has 3 heterocycles. The fraction of sp³-hybridized carbons (Fsp3) is 0.500. The predicted molar refractivity (Wildman–Crippen MR) is 78.9 cm³/mol. The van der Waals surface area contributed by atoms with E-state index in [1.54, 1.807) is 0 Å². The zero-order chi connectivity index (χ0) is 16.7. The number of nitrogen functional groups attached to an aromatic ring is 1. The first kappa shape index (κ1) is 15.6. The molecule has 1 aliphatic heterocycles. The van der Waals surface area contributed by atoms with Crippen LogP contribution in [0.1, 0.15) is 19.6 Å². The van der Waals surface area contributed by atoms with Crippen molar-refractivity contribution in [3.8, 4) is 5.88 Å². The van der Waals surface area contributed by atoms with E-state index in [1.165, 1.54) is 6.92 Å². The van der Waals surface area contributed by atoms with Crippen molar-refractivity contribution in [2.75, 3.05) is 12.3 Å². The third kappa shape index (κ3) is 2.73. The van der Waals surface area contributed by atoms with Gasteiger partial charge in [-0.3, -0.25) is 14.2 Å². The molecule has 0 aromatic carbocycles. The normalized spacial score (nSPS) is 24.2. The van der Waals surface area contributed by atoms with Crippen molar-refractivity contribution < 1.29 is 24.5 Å². The fourth-order valence-electron chi connectivity index (χ4n) is 2.53. The van der Waals surface area contributed by atoms with Crippen LogP contribution in [0, 0.1) is 0 Å². The number of aromatic hydroxyl groups is 1. The number of fused-ring (bicyclic) bond motifs is 1. The molecule has 23 heavy (non-hydrogen) atoms. The average molecular weight is 342 g/mol. The minimum absolute atomic E-state index is 0.0886. The molecule has 2 aromatic heterocycles. The number of esters is 1. The lowest BCUT2D eigenvalue weighted by Crippen LogP contribution is -2.30. The van der Waals surface area contributed by atoms with Crippen LogP contribution in [0.2, 0.25) is 0 Å². The summed E-state index contributed by atoms with van der Waals surface area (Å²) < 4.78 is 12.1. The van der Waals surface area contributed by atoms with E-state index in [0.717, 1.165) is 15.9 Å². The van der Waals surface area contributed by atoms with Crippen LogP contribution in [0.5, 0.6) is 5.88 Å². The number of nitrogens with two attached hydrogens (primary N) is 1. The van der Waals surface area contributed by atoms with Crippen molar-refractivity contribution >= 4 is 33.6 Å². The Balaban J connectivity index is 2.12. The topological polar surface area (TPSA) is 150 Å². The maximum atomic E-state index is 12.3. The average Bonchev–Trinajstić information content (AvgIpc) is 2.99. The summed E-state index contributed by atoms with van der Waals surface area (Å²) in [6.07, 6.45) is -2.08. The molecule has 10 nitrogen and oxygen atoms in total. The summed E-state index contributed by atoms with van der Waals surface area (Å²) >= 11 is 0.725. The molecule has 0 radical (unpaired) electrons. The fourth-order valence-corrected chi connectivity index (χ4v) is 3.36. The molecule has 4 N–H and O–H groups in total. The van der Waals surface area contributed by atoms with Gasteiger partial charge in [0.05, 0.1) is 12.7 Å². The van der Waals surface area contributed by atoms with Gasteiger partial charge in [0.15, 0.2) is 11.9 Å².